The molecule has 1 aromatic heterocycles. The Hall–Kier alpha value is -3.03. The minimum Gasteiger partial charge on any atom is -0.393 e. The van der Waals surface area contributed by atoms with Crippen LogP contribution in [-0.4, -0.2) is 22.9 Å². The molecule has 21 heavy (non-hydrogen) atoms. The number of nitro groups is 1. The second-order valence-corrected chi connectivity index (χ2v) is 4.22. The molecule has 8 heteroatoms. The van der Waals surface area contributed by atoms with Gasteiger partial charge >= 0.3 is 0 Å². The highest BCUT2D eigenvalue weighted by atomic mass is 19.1. The van der Waals surface area contributed by atoms with E-state index < -0.39 is 22.3 Å². The highest BCUT2D eigenvalue weighted by molar-refractivity contribution is 6.10. The van der Waals surface area contributed by atoms with E-state index in [4.69, 9.17) is 5.73 Å². The number of carbonyl (C=O) groups excluding carboxylic acids is 1. The molecule has 7 nitrogen and oxygen atoms in total. The van der Waals surface area contributed by atoms with Crippen molar-refractivity contribution in [2.45, 2.75) is 0 Å². The molecule has 0 atom stereocenters. The summed E-state index contributed by atoms with van der Waals surface area (Å²) in [5.41, 5.74) is 4.77. The Morgan fingerprint density at radius 2 is 2.19 bits per heavy atom. The Balaban J connectivity index is 2.47. The maximum atomic E-state index is 13.5. The van der Waals surface area contributed by atoms with Crippen LogP contribution in [0.25, 0.3) is 0 Å². The van der Waals surface area contributed by atoms with E-state index in [1.54, 1.807) is 12.1 Å². The van der Waals surface area contributed by atoms with Gasteiger partial charge in [-0.05, 0) is 18.2 Å². The first kappa shape index (κ1) is 14.4. The summed E-state index contributed by atoms with van der Waals surface area (Å²) in [6, 6.07) is 4.79. The van der Waals surface area contributed by atoms with E-state index in [9.17, 15) is 19.3 Å². The number of nitrogen functional groups attached to an aromatic ring is 1. The van der Waals surface area contributed by atoms with Crippen LogP contribution in [0, 0.1) is 15.9 Å². The lowest BCUT2D eigenvalue weighted by Gasteiger charge is -2.17. The summed E-state index contributed by atoms with van der Waals surface area (Å²) < 4.78 is 13.5. The highest BCUT2D eigenvalue weighted by Gasteiger charge is 2.24. The average molecular weight is 290 g/mol. The molecule has 2 aromatic rings. The summed E-state index contributed by atoms with van der Waals surface area (Å²) in [7, 11) is 1.44. The molecule has 0 fully saturated rings. The Bertz CT molecular complexity index is 706. The van der Waals surface area contributed by atoms with Crippen molar-refractivity contribution in [1.29, 1.82) is 0 Å². The molecule has 2 rings (SSSR count). The number of amides is 1. The molecule has 0 spiro atoms. The van der Waals surface area contributed by atoms with Crippen molar-refractivity contribution in [1.82, 2.24) is 4.98 Å². The standard InChI is InChI=1S/C13H11FN4O3/c1-17(9-3-2-4-16-7-9)13(19)10-5-8(14)6-11(12(10)15)18(20)21/h2-7H,15H2,1H3. The molecule has 1 aromatic carbocycles. The van der Waals surface area contributed by atoms with Gasteiger partial charge in [0, 0.05) is 13.2 Å². The molecule has 0 radical (unpaired) electrons. The highest BCUT2D eigenvalue weighted by Crippen LogP contribution is 2.28. The Labute approximate surface area is 119 Å². The number of pyridine rings is 1. The topological polar surface area (TPSA) is 102 Å². The van der Waals surface area contributed by atoms with Crippen LogP contribution in [-0.2, 0) is 0 Å². The molecular weight excluding hydrogens is 279 g/mol. The van der Waals surface area contributed by atoms with Crippen molar-refractivity contribution >= 4 is 23.0 Å². The fourth-order valence-electron chi connectivity index (χ4n) is 1.78. The Morgan fingerprint density at radius 1 is 1.48 bits per heavy atom. The van der Waals surface area contributed by atoms with E-state index in [1.165, 1.54) is 24.3 Å². The minimum atomic E-state index is -0.904. The number of anilines is 2. The number of halogens is 1. The number of rotatable bonds is 3. The van der Waals surface area contributed by atoms with Gasteiger partial charge in [-0.1, -0.05) is 0 Å². The second-order valence-electron chi connectivity index (χ2n) is 4.22. The van der Waals surface area contributed by atoms with Crippen molar-refractivity contribution in [2.24, 2.45) is 0 Å². The van der Waals surface area contributed by atoms with Crippen LogP contribution < -0.4 is 10.6 Å². The van der Waals surface area contributed by atoms with Gasteiger partial charge in [0.05, 0.1) is 28.4 Å². The van der Waals surface area contributed by atoms with Gasteiger partial charge < -0.3 is 10.6 Å². The number of aromatic nitrogens is 1. The Morgan fingerprint density at radius 3 is 2.76 bits per heavy atom. The van der Waals surface area contributed by atoms with Gasteiger partial charge in [0.15, 0.2) is 0 Å². The van der Waals surface area contributed by atoms with Crippen molar-refractivity contribution < 1.29 is 14.1 Å². The van der Waals surface area contributed by atoms with Crippen LogP contribution >= 0.6 is 0 Å². The average Bonchev–Trinajstić information content (AvgIpc) is 2.48. The third-order valence-corrected chi connectivity index (χ3v) is 2.89. The van der Waals surface area contributed by atoms with Gasteiger partial charge in [-0.3, -0.25) is 19.9 Å². The van der Waals surface area contributed by atoms with E-state index in [2.05, 4.69) is 4.98 Å². The summed E-state index contributed by atoms with van der Waals surface area (Å²) in [5, 5.41) is 10.8. The lowest BCUT2D eigenvalue weighted by molar-refractivity contribution is -0.384. The van der Waals surface area contributed by atoms with Crippen LogP contribution in [0.3, 0.4) is 0 Å². The first-order chi connectivity index (χ1) is 9.91. The lowest BCUT2D eigenvalue weighted by atomic mass is 10.1. The van der Waals surface area contributed by atoms with Crippen LogP contribution in [0.15, 0.2) is 36.7 Å². The second kappa shape index (κ2) is 5.53. The van der Waals surface area contributed by atoms with Crippen molar-refractivity contribution in [3.8, 4) is 0 Å². The van der Waals surface area contributed by atoms with Crippen molar-refractivity contribution in [3.05, 3.63) is 58.2 Å². The molecule has 108 valence electrons. The van der Waals surface area contributed by atoms with Crippen LogP contribution in [0.5, 0.6) is 0 Å². The largest absolute Gasteiger partial charge is 0.393 e. The van der Waals surface area contributed by atoms with E-state index in [-0.39, 0.29) is 11.3 Å². The van der Waals surface area contributed by atoms with Crippen LogP contribution in [0.4, 0.5) is 21.5 Å². The predicted molar refractivity (Wildman–Crippen MR) is 74.4 cm³/mol. The molecule has 0 saturated heterocycles. The lowest BCUT2D eigenvalue weighted by Crippen LogP contribution is -2.27. The molecule has 0 aliphatic rings. The first-order valence-corrected chi connectivity index (χ1v) is 5.83. The number of benzene rings is 1. The molecule has 0 aliphatic heterocycles. The van der Waals surface area contributed by atoms with Gasteiger partial charge in [0.1, 0.15) is 11.5 Å². The maximum Gasteiger partial charge on any atom is 0.295 e. The maximum absolute atomic E-state index is 13.5. The summed E-state index contributed by atoms with van der Waals surface area (Å²) in [6.45, 7) is 0. The van der Waals surface area contributed by atoms with E-state index in [0.29, 0.717) is 11.8 Å². The molecule has 0 saturated carbocycles. The van der Waals surface area contributed by atoms with Crippen molar-refractivity contribution in [2.75, 3.05) is 17.7 Å². The summed E-state index contributed by atoms with van der Waals surface area (Å²) in [6.07, 6.45) is 2.96. The fourth-order valence-corrected chi connectivity index (χ4v) is 1.78. The molecular formula is C13H11FN4O3. The number of nitrogens with two attached hydrogens (primary N) is 1. The number of hydrogen-bond donors (Lipinski definition) is 1. The number of nitrogens with zero attached hydrogens (tertiary/aromatic N) is 3. The van der Waals surface area contributed by atoms with Gasteiger partial charge in [-0.2, -0.15) is 0 Å². The van der Waals surface area contributed by atoms with Gasteiger partial charge in [0.25, 0.3) is 11.6 Å². The number of hydrogen-bond acceptors (Lipinski definition) is 5. The number of carbonyl (C=O) groups is 1. The summed E-state index contributed by atoms with van der Waals surface area (Å²) >= 11 is 0. The van der Waals surface area contributed by atoms with Gasteiger partial charge in [-0.25, -0.2) is 4.39 Å². The zero-order valence-corrected chi connectivity index (χ0v) is 11.0. The van der Waals surface area contributed by atoms with E-state index in [1.807, 2.05) is 0 Å². The molecule has 0 aliphatic carbocycles. The zero-order chi connectivity index (χ0) is 15.6. The molecule has 1 heterocycles. The molecule has 1 amide bonds. The quantitative estimate of drug-likeness (QED) is 0.529. The van der Waals surface area contributed by atoms with Crippen LogP contribution in [0.2, 0.25) is 0 Å². The predicted octanol–water partition coefficient (Wildman–Crippen LogP) is 1.99. The zero-order valence-electron chi connectivity index (χ0n) is 11.0. The van der Waals surface area contributed by atoms with Gasteiger partial charge in [0.2, 0.25) is 0 Å². The molecule has 0 unspecified atom stereocenters. The molecule has 0 bridgehead atoms. The first-order valence-electron chi connectivity index (χ1n) is 5.83. The normalized spacial score (nSPS) is 10.2. The fraction of sp³-hybridized carbons (Fsp3) is 0.0769. The summed E-state index contributed by atoms with van der Waals surface area (Å²) in [5.74, 6) is -1.57. The Kier molecular flexibility index (Phi) is 3.79. The SMILES string of the molecule is CN(C(=O)c1cc(F)cc([N+](=O)[O-])c1N)c1cccnc1. The van der Waals surface area contributed by atoms with E-state index >= 15 is 0 Å². The van der Waals surface area contributed by atoms with E-state index in [0.717, 1.165) is 6.07 Å². The molecule has 2 N–H and O–H groups in total. The monoisotopic (exact) mass is 290 g/mol. The summed E-state index contributed by atoms with van der Waals surface area (Å²) in [4.78, 5) is 27.3. The third kappa shape index (κ3) is 2.78. The van der Waals surface area contributed by atoms with Crippen LogP contribution in [0.1, 0.15) is 10.4 Å². The van der Waals surface area contributed by atoms with Gasteiger partial charge in [-0.15, -0.1) is 0 Å². The van der Waals surface area contributed by atoms with Crippen molar-refractivity contribution in [3.63, 3.8) is 0 Å². The third-order valence-electron chi connectivity index (χ3n) is 2.89. The minimum absolute atomic E-state index is 0.270. The smallest absolute Gasteiger partial charge is 0.295 e. The number of nitro benzene ring substituents is 1.